The molecule has 1 saturated carbocycles. The average molecular weight is 344 g/mol. The van der Waals surface area contributed by atoms with Gasteiger partial charge in [-0.25, -0.2) is 0 Å². The molecule has 0 atom stereocenters. The number of benzene rings is 1. The number of carbonyl (C=O) groups is 1. The van der Waals surface area contributed by atoms with Gasteiger partial charge in [0, 0.05) is 12.3 Å². The summed E-state index contributed by atoms with van der Waals surface area (Å²) >= 11 is 0. The maximum atomic E-state index is 12.9. The zero-order chi connectivity index (χ0) is 18.1. The molecule has 1 aliphatic carbocycles. The molecule has 1 amide bonds. The quantitative estimate of drug-likeness (QED) is 0.758. The van der Waals surface area contributed by atoms with E-state index in [1.807, 2.05) is 13.8 Å². The van der Waals surface area contributed by atoms with Gasteiger partial charge < -0.3 is 14.8 Å². The second-order valence-electron chi connectivity index (χ2n) is 6.53. The first-order chi connectivity index (χ1) is 12.1. The van der Waals surface area contributed by atoms with Crippen molar-refractivity contribution < 1.29 is 14.3 Å². The molecular weight excluding hydrogens is 316 g/mol. The number of hydrogen-bond donors (Lipinski definition) is 1. The first-order valence-corrected chi connectivity index (χ1v) is 9.27. The van der Waals surface area contributed by atoms with Crippen LogP contribution in [0.1, 0.15) is 64.4 Å². The SMILES string of the molecule is CCCOc1ccc(NC(=O)C2(OCCC)CCCCC2)cc1C#N. The fraction of sp³-hybridized carbons (Fsp3) is 0.600. The van der Waals surface area contributed by atoms with Gasteiger partial charge in [0.25, 0.3) is 5.91 Å². The molecule has 2 rings (SSSR count). The van der Waals surface area contributed by atoms with Crippen molar-refractivity contribution >= 4 is 11.6 Å². The van der Waals surface area contributed by atoms with Crippen molar-refractivity contribution in [2.24, 2.45) is 0 Å². The standard InChI is InChI=1S/C20H28N2O3/c1-3-12-24-18-9-8-17(14-16(18)15-21)22-19(23)20(25-13-4-2)10-6-5-7-11-20/h8-9,14H,3-7,10-13H2,1-2H3,(H,22,23). The molecule has 1 N–H and O–H groups in total. The molecule has 1 aromatic carbocycles. The van der Waals surface area contributed by atoms with Gasteiger partial charge in [-0.1, -0.05) is 33.1 Å². The Balaban J connectivity index is 2.13. The fourth-order valence-corrected chi connectivity index (χ4v) is 3.14. The Morgan fingerprint density at radius 3 is 2.56 bits per heavy atom. The Hall–Kier alpha value is -2.06. The van der Waals surface area contributed by atoms with Crippen molar-refractivity contribution in [3.8, 4) is 11.8 Å². The molecule has 5 heteroatoms. The second kappa shape index (κ2) is 9.43. The van der Waals surface area contributed by atoms with E-state index in [1.165, 1.54) is 0 Å². The van der Waals surface area contributed by atoms with E-state index >= 15 is 0 Å². The lowest BCUT2D eigenvalue weighted by atomic mass is 9.83. The Morgan fingerprint density at radius 1 is 1.20 bits per heavy atom. The van der Waals surface area contributed by atoms with Crippen molar-refractivity contribution in [2.45, 2.75) is 64.4 Å². The van der Waals surface area contributed by atoms with Crippen LogP contribution in [-0.4, -0.2) is 24.7 Å². The van der Waals surface area contributed by atoms with Gasteiger partial charge in [-0.15, -0.1) is 0 Å². The fourth-order valence-electron chi connectivity index (χ4n) is 3.14. The van der Waals surface area contributed by atoms with Gasteiger partial charge in [-0.3, -0.25) is 4.79 Å². The summed E-state index contributed by atoms with van der Waals surface area (Å²) in [6, 6.07) is 7.32. The topological polar surface area (TPSA) is 71.3 Å². The van der Waals surface area contributed by atoms with Gasteiger partial charge in [0.15, 0.2) is 0 Å². The predicted molar refractivity (Wildman–Crippen MR) is 97.6 cm³/mol. The summed E-state index contributed by atoms with van der Waals surface area (Å²) in [7, 11) is 0. The van der Waals surface area contributed by atoms with Gasteiger partial charge in [0.2, 0.25) is 0 Å². The van der Waals surface area contributed by atoms with Crippen LogP contribution < -0.4 is 10.1 Å². The summed E-state index contributed by atoms with van der Waals surface area (Å²) in [6.45, 7) is 5.21. The summed E-state index contributed by atoms with van der Waals surface area (Å²) in [5, 5.41) is 12.3. The number of amides is 1. The number of nitrogens with zero attached hydrogens (tertiary/aromatic N) is 1. The number of nitrogens with one attached hydrogen (secondary N) is 1. The highest BCUT2D eigenvalue weighted by Gasteiger charge is 2.40. The Bertz CT molecular complexity index is 616. The largest absolute Gasteiger partial charge is 0.492 e. The van der Waals surface area contributed by atoms with Crippen LogP contribution >= 0.6 is 0 Å². The van der Waals surface area contributed by atoms with E-state index in [2.05, 4.69) is 11.4 Å². The molecule has 1 fully saturated rings. The third kappa shape index (κ3) is 4.96. The predicted octanol–water partition coefficient (Wildman–Crippen LogP) is 4.42. The lowest BCUT2D eigenvalue weighted by Crippen LogP contribution is -2.47. The van der Waals surface area contributed by atoms with Gasteiger partial charge in [-0.05, 0) is 43.9 Å². The number of ether oxygens (including phenoxy) is 2. The van der Waals surface area contributed by atoms with Crippen LogP contribution in [0.15, 0.2) is 18.2 Å². The van der Waals surface area contributed by atoms with Crippen LogP contribution in [0, 0.1) is 11.3 Å². The number of nitriles is 1. The third-order valence-corrected chi connectivity index (χ3v) is 4.48. The second-order valence-corrected chi connectivity index (χ2v) is 6.53. The lowest BCUT2D eigenvalue weighted by Gasteiger charge is -2.35. The van der Waals surface area contributed by atoms with Crippen LogP contribution in [-0.2, 0) is 9.53 Å². The Labute approximate surface area is 150 Å². The smallest absolute Gasteiger partial charge is 0.256 e. The number of hydrogen-bond acceptors (Lipinski definition) is 4. The maximum absolute atomic E-state index is 12.9. The van der Waals surface area contributed by atoms with Gasteiger partial charge in [0.1, 0.15) is 17.4 Å². The molecule has 0 heterocycles. The summed E-state index contributed by atoms with van der Waals surface area (Å²) < 4.78 is 11.6. The summed E-state index contributed by atoms with van der Waals surface area (Å²) in [5.74, 6) is 0.448. The van der Waals surface area contributed by atoms with Gasteiger partial charge >= 0.3 is 0 Å². The highest BCUT2D eigenvalue weighted by molar-refractivity contribution is 5.97. The minimum atomic E-state index is -0.738. The number of rotatable bonds is 8. The number of anilines is 1. The maximum Gasteiger partial charge on any atom is 0.256 e. The highest BCUT2D eigenvalue weighted by Crippen LogP contribution is 2.33. The summed E-state index contributed by atoms with van der Waals surface area (Å²) in [5.41, 5.74) is 0.298. The van der Waals surface area contributed by atoms with Crippen molar-refractivity contribution in [3.05, 3.63) is 23.8 Å². The molecule has 0 aliphatic heterocycles. The Morgan fingerprint density at radius 2 is 1.92 bits per heavy atom. The zero-order valence-electron chi connectivity index (χ0n) is 15.3. The molecule has 0 radical (unpaired) electrons. The molecule has 0 spiro atoms. The molecule has 1 aromatic rings. The molecule has 0 aromatic heterocycles. The Kier molecular flexibility index (Phi) is 7.27. The minimum Gasteiger partial charge on any atom is -0.492 e. The average Bonchev–Trinajstić information content (AvgIpc) is 2.65. The number of carbonyl (C=O) groups excluding carboxylic acids is 1. The van der Waals surface area contributed by atoms with Crippen molar-refractivity contribution in [3.63, 3.8) is 0 Å². The van der Waals surface area contributed by atoms with Crippen molar-refractivity contribution in [1.29, 1.82) is 5.26 Å². The van der Waals surface area contributed by atoms with Crippen LogP contribution in [0.3, 0.4) is 0 Å². The van der Waals surface area contributed by atoms with E-state index in [1.54, 1.807) is 18.2 Å². The van der Waals surface area contributed by atoms with Crippen LogP contribution in [0.25, 0.3) is 0 Å². The monoisotopic (exact) mass is 344 g/mol. The molecular formula is C20H28N2O3. The van der Waals surface area contributed by atoms with Crippen molar-refractivity contribution in [2.75, 3.05) is 18.5 Å². The molecule has 0 bridgehead atoms. The first kappa shape index (κ1) is 19.3. The van der Waals surface area contributed by atoms with Crippen molar-refractivity contribution in [1.82, 2.24) is 0 Å². The lowest BCUT2D eigenvalue weighted by molar-refractivity contribution is -0.146. The molecule has 136 valence electrons. The van der Waals surface area contributed by atoms with Gasteiger partial charge in [0.05, 0.1) is 12.2 Å². The van der Waals surface area contributed by atoms with E-state index in [9.17, 15) is 10.1 Å². The molecule has 0 saturated heterocycles. The minimum absolute atomic E-state index is 0.105. The highest BCUT2D eigenvalue weighted by atomic mass is 16.5. The van der Waals surface area contributed by atoms with Crippen LogP contribution in [0.4, 0.5) is 5.69 Å². The van der Waals surface area contributed by atoms with E-state index in [0.717, 1.165) is 44.9 Å². The van der Waals surface area contributed by atoms with Crippen LogP contribution in [0.2, 0.25) is 0 Å². The zero-order valence-corrected chi connectivity index (χ0v) is 15.3. The summed E-state index contributed by atoms with van der Waals surface area (Å²) in [6.07, 6.45) is 6.42. The van der Waals surface area contributed by atoms with E-state index in [-0.39, 0.29) is 5.91 Å². The third-order valence-electron chi connectivity index (χ3n) is 4.48. The molecule has 1 aliphatic rings. The summed E-state index contributed by atoms with van der Waals surface area (Å²) in [4.78, 5) is 12.9. The van der Waals surface area contributed by atoms with Gasteiger partial charge in [-0.2, -0.15) is 5.26 Å². The molecule has 0 unspecified atom stereocenters. The van der Waals surface area contributed by atoms with Crippen LogP contribution in [0.5, 0.6) is 5.75 Å². The normalized spacial score (nSPS) is 16.0. The van der Waals surface area contributed by atoms with E-state index < -0.39 is 5.60 Å². The molecule has 25 heavy (non-hydrogen) atoms. The first-order valence-electron chi connectivity index (χ1n) is 9.27. The molecule has 5 nitrogen and oxygen atoms in total. The van der Waals surface area contributed by atoms with E-state index in [4.69, 9.17) is 9.47 Å². The van der Waals surface area contributed by atoms with E-state index in [0.29, 0.717) is 30.2 Å².